The van der Waals surface area contributed by atoms with Crippen molar-refractivity contribution >= 4 is 35.9 Å². The number of nitrogens with one attached hydrogen (secondary N) is 1. The van der Waals surface area contributed by atoms with Crippen molar-refractivity contribution in [3.05, 3.63) is 48.0 Å². The molecule has 1 aliphatic rings. The van der Waals surface area contributed by atoms with E-state index in [1.807, 2.05) is 42.5 Å². The van der Waals surface area contributed by atoms with E-state index in [0.29, 0.717) is 6.61 Å². The Labute approximate surface area is 116 Å². The zero-order chi connectivity index (χ0) is 13.2. The number of benzene rings is 2. The van der Waals surface area contributed by atoms with E-state index in [9.17, 15) is 5.02 Å². The molecule has 4 N–H and O–H groups in total. The van der Waals surface area contributed by atoms with Gasteiger partial charge in [-0.15, -0.1) is 0 Å². The molecule has 0 bridgehead atoms. The summed E-state index contributed by atoms with van der Waals surface area (Å²) in [6, 6.07) is 13.5. The Hall–Kier alpha value is -1.63. The molecule has 19 heavy (non-hydrogen) atoms. The molecule has 96 valence electrons. The summed E-state index contributed by atoms with van der Waals surface area (Å²) in [5.41, 5.74) is 9.20. The van der Waals surface area contributed by atoms with Crippen molar-refractivity contribution < 1.29 is 9.68 Å². The summed E-state index contributed by atoms with van der Waals surface area (Å²) in [7, 11) is -0.807. The highest BCUT2D eigenvalue weighted by Crippen LogP contribution is 2.23. The van der Waals surface area contributed by atoms with Crippen LogP contribution in [-0.4, -0.2) is 12.1 Å². The Morgan fingerprint density at radius 3 is 2.79 bits per heavy atom. The highest BCUT2D eigenvalue weighted by molar-refractivity contribution is 8.00. The molecule has 2 aromatic carbocycles. The first kappa shape index (κ1) is 12.4. The quantitative estimate of drug-likeness (QED) is 0.450. The van der Waals surface area contributed by atoms with Crippen LogP contribution < -0.4 is 15.9 Å². The minimum absolute atomic E-state index is 0.474. The minimum atomic E-state index is -0.807. The second-order valence-corrected chi connectivity index (χ2v) is 5.23. The summed E-state index contributed by atoms with van der Waals surface area (Å²) in [4.78, 5) is 1.08. The normalized spacial score (nSPS) is 13.4. The predicted octanol–water partition coefficient (Wildman–Crippen LogP) is 1.61. The van der Waals surface area contributed by atoms with Crippen LogP contribution in [0.15, 0.2) is 47.4 Å². The van der Waals surface area contributed by atoms with Gasteiger partial charge in [-0.05, 0) is 59.4 Å². The molecule has 1 heterocycles. The largest absolute Gasteiger partial charge is 0.491 e. The number of nitrogens with two attached hydrogens (primary N) is 1. The molecule has 0 amide bonds. The van der Waals surface area contributed by atoms with Crippen LogP contribution in [0.4, 0.5) is 11.4 Å². The molecule has 0 aromatic heterocycles. The Kier molecular flexibility index (Phi) is 3.37. The van der Waals surface area contributed by atoms with Gasteiger partial charge in [-0.2, -0.15) is 0 Å². The third-order valence-corrected chi connectivity index (χ3v) is 3.82. The number of anilines is 2. The lowest BCUT2D eigenvalue weighted by molar-refractivity contribution is 0.275. The Bertz CT molecular complexity index is 592. The van der Waals surface area contributed by atoms with Gasteiger partial charge in [-0.1, -0.05) is 6.07 Å². The predicted molar refractivity (Wildman–Crippen MR) is 79.2 cm³/mol. The van der Waals surface area contributed by atoms with E-state index in [1.54, 1.807) is 0 Å². The molecule has 0 atom stereocenters. The first-order valence-corrected chi connectivity index (χ1v) is 6.75. The van der Waals surface area contributed by atoms with Crippen molar-refractivity contribution in [2.45, 2.75) is 11.5 Å². The van der Waals surface area contributed by atoms with Crippen LogP contribution in [0.1, 0.15) is 5.56 Å². The van der Waals surface area contributed by atoms with Gasteiger partial charge in [-0.3, -0.25) is 0 Å². The monoisotopic (exact) mass is 272 g/mol. The fraction of sp³-hybridized carbons (Fsp3) is 0.0769. The van der Waals surface area contributed by atoms with Gasteiger partial charge < -0.3 is 20.1 Å². The van der Waals surface area contributed by atoms with Gasteiger partial charge in [0.1, 0.15) is 0 Å². The molecule has 0 radical (unpaired) electrons. The maximum Gasteiger partial charge on any atom is 0.491 e. The van der Waals surface area contributed by atoms with E-state index >= 15 is 0 Å². The first-order valence-electron chi connectivity index (χ1n) is 5.93. The van der Waals surface area contributed by atoms with Crippen molar-refractivity contribution in [1.29, 1.82) is 0 Å². The van der Waals surface area contributed by atoms with Crippen molar-refractivity contribution in [1.82, 2.24) is 0 Å². The summed E-state index contributed by atoms with van der Waals surface area (Å²) in [5, 5.41) is 9.65. The fourth-order valence-electron chi connectivity index (χ4n) is 1.93. The van der Waals surface area contributed by atoms with Crippen molar-refractivity contribution in [2.75, 3.05) is 10.5 Å². The zero-order valence-electron chi connectivity index (χ0n) is 10.2. The maximum atomic E-state index is 9.65. The van der Waals surface area contributed by atoms with E-state index in [2.05, 4.69) is 4.72 Å². The average molecular weight is 272 g/mol. The van der Waals surface area contributed by atoms with Crippen LogP contribution in [0.3, 0.4) is 0 Å². The molecule has 4 nitrogen and oxygen atoms in total. The average Bonchev–Trinajstić information content (AvgIpc) is 2.80. The third-order valence-electron chi connectivity index (χ3n) is 2.98. The van der Waals surface area contributed by atoms with Gasteiger partial charge in [0.05, 0.1) is 6.61 Å². The molecule has 1 aliphatic heterocycles. The maximum absolute atomic E-state index is 9.65. The second kappa shape index (κ2) is 5.17. The lowest BCUT2D eigenvalue weighted by Gasteiger charge is -2.07. The molecule has 0 fully saturated rings. The minimum Gasteiger partial charge on any atom is -0.423 e. The molecule has 6 heteroatoms. The van der Waals surface area contributed by atoms with Gasteiger partial charge in [-0.25, -0.2) is 0 Å². The SMILES string of the molecule is Nc1ccc(SNc2ccc3c(c2)B(O)OC3)cc1. The van der Waals surface area contributed by atoms with Gasteiger partial charge >= 0.3 is 7.12 Å². The molecule has 0 saturated heterocycles. The Morgan fingerprint density at radius 1 is 1.21 bits per heavy atom. The van der Waals surface area contributed by atoms with E-state index < -0.39 is 7.12 Å². The molecule has 3 rings (SSSR count). The van der Waals surface area contributed by atoms with E-state index in [4.69, 9.17) is 10.4 Å². The summed E-state index contributed by atoms with van der Waals surface area (Å²) in [6.07, 6.45) is 0. The van der Waals surface area contributed by atoms with Crippen molar-refractivity contribution in [2.24, 2.45) is 0 Å². The van der Waals surface area contributed by atoms with E-state index in [0.717, 1.165) is 27.3 Å². The van der Waals surface area contributed by atoms with Crippen molar-refractivity contribution in [3.8, 4) is 0 Å². The lowest BCUT2D eigenvalue weighted by Crippen LogP contribution is -2.28. The summed E-state index contributed by atoms with van der Waals surface area (Å²) in [6.45, 7) is 0.474. The smallest absolute Gasteiger partial charge is 0.423 e. The van der Waals surface area contributed by atoms with Gasteiger partial charge in [0.25, 0.3) is 0 Å². The highest BCUT2D eigenvalue weighted by atomic mass is 32.2. The Balaban J connectivity index is 1.70. The Morgan fingerprint density at radius 2 is 2.00 bits per heavy atom. The van der Waals surface area contributed by atoms with Crippen LogP contribution in [0.2, 0.25) is 0 Å². The third kappa shape index (κ3) is 2.70. The topological polar surface area (TPSA) is 67.5 Å². The number of rotatable bonds is 3. The number of fused-ring (bicyclic) bond motifs is 1. The number of hydrogen-bond donors (Lipinski definition) is 3. The molecule has 0 saturated carbocycles. The molecule has 0 spiro atoms. The zero-order valence-corrected chi connectivity index (χ0v) is 11.0. The van der Waals surface area contributed by atoms with Crippen molar-refractivity contribution in [3.63, 3.8) is 0 Å². The molecular formula is C13H13BN2O2S. The van der Waals surface area contributed by atoms with Crippen LogP contribution in [0.5, 0.6) is 0 Å². The van der Waals surface area contributed by atoms with Gasteiger partial charge in [0, 0.05) is 16.3 Å². The van der Waals surface area contributed by atoms with Gasteiger partial charge in [0.2, 0.25) is 0 Å². The molecular weight excluding hydrogens is 259 g/mol. The second-order valence-electron chi connectivity index (χ2n) is 4.35. The fourth-order valence-corrected chi connectivity index (χ4v) is 2.57. The van der Waals surface area contributed by atoms with Crippen LogP contribution in [-0.2, 0) is 11.3 Å². The lowest BCUT2D eigenvalue weighted by atomic mass is 9.79. The van der Waals surface area contributed by atoms with E-state index in [-0.39, 0.29) is 0 Å². The first-order chi connectivity index (χ1) is 9.22. The van der Waals surface area contributed by atoms with Crippen LogP contribution in [0.25, 0.3) is 0 Å². The van der Waals surface area contributed by atoms with Crippen LogP contribution in [0, 0.1) is 0 Å². The standard InChI is InChI=1S/C13H13BN2O2S/c15-10-2-5-12(6-3-10)19-16-11-4-1-9-8-18-14(17)13(9)7-11/h1-7,16-17H,8,15H2. The van der Waals surface area contributed by atoms with Gasteiger partial charge in [0.15, 0.2) is 0 Å². The summed E-state index contributed by atoms with van der Waals surface area (Å²) in [5.74, 6) is 0. The number of nitrogen functional groups attached to an aromatic ring is 1. The van der Waals surface area contributed by atoms with Crippen LogP contribution >= 0.6 is 11.9 Å². The molecule has 2 aromatic rings. The van der Waals surface area contributed by atoms with E-state index in [1.165, 1.54) is 11.9 Å². The number of hydrogen-bond acceptors (Lipinski definition) is 5. The molecule has 0 aliphatic carbocycles. The summed E-state index contributed by atoms with van der Waals surface area (Å²) >= 11 is 1.50. The highest BCUT2D eigenvalue weighted by Gasteiger charge is 2.27. The molecule has 0 unspecified atom stereocenters. The summed E-state index contributed by atoms with van der Waals surface area (Å²) < 4.78 is 8.40.